The lowest BCUT2D eigenvalue weighted by molar-refractivity contribution is -0.385. The number of rotatable bonds is 4. The van der Waals surface area contributed by atoms with Crippen LogP contribution in [0.1, 0.15) is 5.56 Å². The fourth-order valence-electron chi connectivity index (χ4n) is 1.70. The monoisotopic (exact) mass is 388 g/mol. The van der Waals surface area contributed by atoms with E-state index >= 15 is 0 Å². The van der Waals surface area contributed by atoms with E-state index in [1.807, 2.05) is 0 Å². The van der Waals surface area contributed by atoms with Crippen LogP contribution in [-0.4, -0.2) is 9.13 Å². The van der Waals surface area contributed by atoms with Gasteiger partial charge in [-0.3, -0.25) is 14.3 Å². The zero-order valence-corrected chi connectivity index (χ0v) is 13.7. The lowest BCUT2D eigenvalue weighted by Crippen LogP contribution is -2.01. The van der Waals surface area contributed by atoms with Gasteiger partial charge >= 0.3 is 0 Å². The first kappa shape index (κ1) is 15.9. The van der Waals surface area contributed by atoms with Gasteiger partial charge in [0.15, 0.2) is 0 Å². The molecule has 0 spiro atoms. The summed E-state index contributed by atoms with van der Waals surface area (Å²) >= 11 is 9.07. The highest BCUT2D eigenvalue weighted by atomic mass is 79.9. The first-order valence-electron chi connectivity index (χ1n) is 5.74. The summed E-state index contributed by atoms with van der Waals surface area (Å²) in [6.07, 6.45) is 0. The minimum atomic E-state index is -1.45. The maximum absolute atomic E-state index is 12.3. The highest BCUT2D eigenvalue weighted by molar-refractivity contribution is 9.10. The van der Waals surface area contributed by atoms with Gasteiger partial charge in [-0.1, -0.05) is 33.6 Å². The maximum atomic E-state index is 12.3. The zero-order valence-electron chi connectivity index (χ0n) is 10.6. The first-order valence-corrected chi connectivity index (χ1v) is 8.23. The Morgan fingerprint density at radius 3 is 2.62 bits per heavy atom. The molecule has 0 radical (unpaired) electrons. The van der Waals surface area contributed by atoms with Gasteiger partial charge in [0.2, 0.25) is 0 Å². The third kappa shape index (κ3) is 3.81. The average molecular weight is 390 g/mol. The van der Waals surface area contributed by atoms with Crippen molar-refractivity contribution >= 4 is 49.7 Å². The fraction of sp³-hybridized carbons (Fsp3) is 0.0769. The number of benzene rings is 2. The number of nitro benzene ring substituents is 1. The Hall–Kier alpha value is -1.44. The van der Waals surface area contributed by atoms with Gasteiger partial charge in [-0.25, -0.2) is 0 Å². The molecule has 110 valence electrons. The topological polar surface area (TPSA) is 86.2 Å². The number of nitrogen functional groups attached to an aromatic ring is 1. The van der Waals surface area contributed by atoms with Gasteiger partial charge in [0, 0.05) is 21.0 Å². The van der Waals surface area contributed by atoms with Crippen molar-refractivity contribution in [2.75, 3.05) is 5.73 Å². The Bertz CT molecular complexity index is 739. The molecule has 0 heterocycles. The molecule has 0 saturated heterocycles. The molecule has 2 N–H and O–H groups in total. The van der Waals surface area contributed by atoms with E-state index in [2.05, 4.69) is 15.9 Å². The summed E-state index contributed by atoms with van der Waals surface area (Å²) in [5.74, 6) is 0.0316. The van der Waals surface area contributed by atoms with Crippen molar-refractivity contribution in [2.24, 2.45) is 0 Å². The summed E-state index contributed by atoms with van der Waals surface area (Å²) in [6.45, 7) is 0. The summed E-state index contributed by atoms with van der Waals surface area (Å²) in [4.78, 5) is 11.0. The molecule has 8 heteroatoms. The molecule has 5 nitrogen and oxygen atoms in total. The molecule has 0 amide bonds. The predicted octanol–water partition coefficient (Wildman–Crippen LogP) is 3.90. The lowest BCUT2D eigenvalue weighted by atomic mass is 10.2. The minimum absolute atomic E-state index is 0.0316. The van der Waals surface area contributed by atoms with Crippen molar-refractivity contribution in [3.8, 4) is 0 Å². The Labute approximate surface area is 136 Å². The van der Waals surface area contributed by atoms with Crippen LogP contribution < -0.4 is 5.73 Å². The Balaban J connectivity index is 2.31. The maximum Gasteiger partial charge on any atom is 0.274 e. The first-order chi connectivity index (χ1) is 9.88. The van der Waals surface area contributed by atoms with Crippen molar-refractivity contribution in [1.82, 2.24) is 0 Å². The number of nitrogens with two attached hydrogens (primary N) is 1. The van der Waals surface area contributed by atoms with Crippen LogP contribution in [0, 0.1) is 10.1 Å². The summed E-state index contributed by atoms with van der Waals surface area (Å²) < 4.78 is 12.9. The molecule has 0 aromatic heterocycles. The molecule has 0 bridgehead atoms. The SMILES string of the molecule is Nc1ccc(S(=O)Cc2ccc(Br)cc2[N+](=O)[O-])cc1Cl. The largest absolute Gasteiger partial charge is 0.398 e. The van der Waals surface area contributed by atoms with Gasteiger partial charge in [0.1, 0.15) is 0 Å². The van der Waals surface area contributed by atoms with Gasteiger partial charge in [-0.2, -0.15) is 0 Å². The molecule has 0 saturated carbocycles. The Morgan fingerprint density at radius 1 is 1.29 bits per heavy atom. The van der Waals surface area contributed by atoms with E-state index in [9.17, 15) is 14.3 Å². The van der Waals surface area contributed by atoms with Crippen LogP contribution in [0.25, 0.3) is 0 Å². The van der Waals surface area contributed by atoms with E-state index in [1.54, 1.807) is 24.3 Å². The number of anilines is 1. The van der Waals surface area contributed by atoms with Crippen LogP contribution in [-0.2, 0) is 16.6 Å². The van der Waals surface area contributed by atoms with Gasteiger partial charge in [-0.05, 0) is 24.3 Å². The molecule has 2 rings (SSSR count). The van der Waals surface area contributed by atoms with Crippen molar-refractivity contribution < 1.29 is 9.13 Å². The van der Waals surface area contributed by atoms with Gasteiger partial charge < -0.3 is 5.73 Å². The minimum Gasteiger partial charge on any atom is -0.398 e. The molecule has 0 aliphatic rings. The fourth-order valence-corrected chi connectivity index (χ4v) is 3.46. The molecule has 1 unspecified atom stereocenters. The summed E-state index contributed by atoms with van der Waals surface area (Å²) in [6, 6.07) is 9.32. The number of halogens is 2. The number of nitrogens with zero attached hydrogens (tertiary/aromatic N) is 1. The number of hydrogen-bond acceptors (Lipinski definition) is 4. The van der Waals surface area contributed by atoms with E-state index in [-0.39, 0.29) is 11.4 Å². The molecule has 0 aliphatic carbocycles. The molecule has 0 fully saturated rings. The summed E-state index contributed by atoms with van der Waals surface area (Å²) in [7, 11) is -1.45. The summed E-state index contributed by atoms with van der Waals surface area (Å²) in [5, 5.41) is 11.4. The highest BCUT2D eigenvalue weighted by Crippen LogP contribution is 2.27. The van der Waals surface area contributed by atoms with E-state index in [1.165, 1.54) is 12.1 Å². The standard InChI is InChI=1S/C13H10BrClN2O3S/c14-9-2-1-8(13(5-9)17(18)19)7-21(20)10-3-4-12(16)11(15)6-10/h1-6H,7,16H2. The average Bonchev–Trinajstić information content (AvgIpc) is 2.43. The predicted molar refractivity (Wildman–Crippen MR) is 86.8 cm³/mol. The second-order valence-electron chi connectivity index (χ2n) is 4.20. The van der Waals surface area contributed by atoms with E-state index in [4.69, 9.17) is 17.3 Å². The molecular weight excluding hydrogens is 380 g/mol. The normalized spacial score (nSPS) is 12.1. The molecule has 2 aromatic carbocycles. The number of nitro groups is 1. The van der Waals surface area contributed by atoms with E-state index in [0.29, 0.717) is 25.6 Å². The molecular formula is C13H10BrClN2O3S. The molecule has 0 aliphatic heterocycles. The van der Waals surface area contributed by atoms with Crippen LogP contribution in [0.4, 0.5) is 11.4 Å². The van der Waals surface area contributed by atoms with Gasteiger partial charge in [-0.15, -0.1) is 0 Å². The molecule has 1 atom stereocenters. The van der Waals surface area contributed by atoms with Crippen molar-refractivity contribution in [3.63, 3.8) is 0 Å². The van der Waals surface area contributed by atoms with Gasteiger partial charge in [0.25, 0.3) is 5.69 Å². The van der Waals surface area contributed by atoms with Crippen molar-refractivity contribution in [1.29, 1.82) is 0 Å². The third-order valence-corrected chi connectivity index (χ3v) is 4.94. The van der Waals surface area contributed by atoms with Crippen molar-refractivity contribution in [3.05, 3.63) is 61.6 Å². The summed E-state index contributed by atoms with van der Waals surface area (Å²) in [5.41, 5.74) is 6.32. The van der Waals surface area contributed by atoms with Crippen LogP contribution >= 0.6 is 27.5 Å². The van der Waals surface area contributed by atoms with Gasteiger partial charge in [0.05, 0.1) is 32.2 Å². The smallest absolute Gasteiger partial charge is 0.274 e. The quantitative estimate of drug-likeness (QED) is 0.488. The highest BCUT2D eigenvalue weighted by Gasteiger charge is 2.17. The third-order valence-electron chi connectivity index (χ3n) is 2.77. The van der Waals surface area contributed by atoms with Crippen LogP contribution in [0.2, 0.25) is 5.02 Å². The van der Waals surface area contributed by atoms with Crippen LogP contribution in [0.5, 0.6) is 0 Å². The number of hydrogen-bond donors (Lipinski definition) is 1. The second kappa shape index (κ2) is 6.55. The van der Waals surface area contributed by atoms with E-state index in [0.717, 1.165) is 0 Å². The Morgan fingerprint density at radius 2 is 2.00 bits per heavy atom. The van der Waals surface area contributed by atoms with Crippen LogP contribution in [0.15, 0.2) is 45.8 Å². The van der Waals surface area contributed by atoms with Crippen LogP contribution in [0.3, 0.4) is 0 Å². The van der Waals surface area contributed by atoms with Crippen molar-refractivity contribution in [2.45, 2.75) is 10.6 Å². The lowest BCUT2D eigenvalue weighted by Gasteiger charge is -2.06. The van der Waals surface area contributed by atoms with E-state index < -0.39 is 15.7 Å². The Kier molecular flexibility index (Phi) is 4.97. The zero-order chi connectivity index (χ0) is 15.6. The molecule has 2 aromatic rings. The second-order valence-corrected chi connectivity index (χ2v) is 6.98. The molecule has 21 heavy (non-hydrogen) atoms.